The van der Waals surface area contributed by atoms with Crippen molar-refractivity contribution in [2.45, 2.75) is 18.2 Å². The zero-order chi connectivity index (χ0) is 20.5. The zero-order valence-corrected chi connectivity index (χ0v) is 17.4. The Kier molecular flexibility index (Phi) is 8.20. The van der Waals surface area contributed by atoms with Gasteiger partial charge in [-0.2, -0.15) is 0 Å². The van der Waals surface area contributed by atoms with Gasteiger partial charge in [-0.15, -0.1) is 10.2 Å². The van der Waals surface area contributed by atoms with Crippen molar-refractivity contribution in [3.63, 3.8) is 0 Å². The standard InChI is InChI=1S/C17H21N5O4S2/c1-4-26-16(25)19-15-20-21-17(28-15)27-10-14(24)22(3)9-13(23)18-12-7-5-11(2)6-8-12/h5-8H,4,9-10H2,1-3H3,(H,18,23)(H,19,20,25). The van der Waals surface area contributed by atoms with Gasteiger partial charge in [0.25, 0.3) is 0 Å². The van der Waals surface area contributed by atoms with E-state index in [1.165, 1.54) is 16.7 Å². The third kappa shape index (κ3) is 7.16. The predicted octanol–water partition coefficient (Wildman–Crippen LogP) is 2.60. The number of thioether (sulfide) groups is 1. The maximum absolute atomic E-state index is 12.2. The van der Waals surface area contributed by atoms with Crippen molar-refractivity contribution in [1.29, 1.82) is 0 Å². The quantitative estimate of drug-likeness (QED) is 0.495. The number of nitrogens with one attached hydrogen (secondary N) is 2. The molecule has 28 heavy (non-hydrogen) atoms. The molecule has 150 valence electrons. The Bertz CT molecular complexity index is 825. The van der Waals surface area contributed by atoms with E-state index in [-0.39, 0.29) is 30.7 Å². The molecule has 0 saturated heterocycles. The van der Waals surface area contributed by atoms with Gasteiger partial charge in [-0.25, -0.2) is 4.79 Å². The number of carbonyl (C=O) groups is 3. The molecule has 0 atom stereocenters. The Morgan fingerprint density at radius 3 is 2.57 bits per heavy atom. The Morgan fingerprint density at radius 1 is 1.18 bits per heavy atom. The molecule has 0 fully saturated rings. The fourth-order valence-electron chi connectivity index (χ4n) is 1.95. The zero-order valence-electron chi connectivity index (χ0n) is 15.7. The van der Waals surface area contributed by atoms with Gasteiger partial charge >= 0.3 is 6.09 Å². The van der Waals surface area contributed by atoms with E-state index in [1.807, 2.05) is 31.2 Å². The summed E-state index contributed by atoms with van der Waals surface area (Å²) in [5.74, 6) is -0.400. The van der Waals surface area contributed by atoms with Crippen LogP contribution in [0.2, 0.25) is 0 Å². The van der Waals surface area contributed by atoms with Gasteiger partial charge in [-0.3, -0.25) is 14.9 Å². The first kappa shape index (κ1) is 21.6. The van der Waals surface area contributed by atoms with E-state index < -0.39 is 6.09 Å². The van der Waals surface area contributed by atoms with Crippen molar-refractivity contribution >= 4 is 51.8 Å². The van der Waals surface area contributed by atoms with E-state index in [9.17, 15) is 14.4 Å². The first-order valence-electron chi connectivity index (χ1n) is 8.38. The normalized spacial score (nSPS) is 10.2. The number of amides is 3. The fourth-order valence-corrected chi connectivity index (χ4v) is 3.63. The number of carbonyl (C=O) groups excluding carboxylic acids is 3. The third-order valence-electron chi connectivity index (χ3n) is 3.35. The van der Waals surface area contributed by atoms with Crippen LogP contribution in [-0.4, -0.2) is 59.0 Å². The molecule has 0 spiro atoms. The molecule has 9 nitrogen and oxygen atoms in total. The Balaban J connectivity index is 1.76. The molecule has 0 aliphatic rings. The average Bonchev–Trinajstić information content (AvgIpc) is 3.09. The summed E-state index contributed by atoms with van der Waals surface area (Å²) in [6.07, 6.45) is -0.606. The van der Waals surface area contributed by atoms with Gasteiger partial charge in [-0.1, -0.05) is 40.8 Å². The largest absolute Gasteiger partial charge is 0.450 e. The lowest BCUT2D eigenvalue weighted by Gasteiger charge is -2.16. The van der Waals surface area contributed by atoms with Crippen LogP contribution in [0.1, 0.15) is 12.5 Å². The molecule has 0 bridgehead atoms. The molecule has 2 aromatic rings. The summed E-state index contributed by atoms with van der Waals surface area (Å²) in [5, 5.41) is 13.2. The summed E-state index contributed by atoms with van der Waals surface area (Å²) < 4.78 is 5.28. The lowest BCUT2D eigenvalue weighted by molar-refractivity contribution is -0.131. The highest BCUT2D eigenvalue weighted by molar-refractivity contribution is 8.01. The maximum atomic E-state index is 12.2. The number of hydrogen-bond donors (Lipinski definition) is 2. The summed E-state index contributed by atoms with van der Waals surface area (Å²) in [6.45, 7) is 3.86. The molecule has 11 heteroatoms. The van der Waals surface area contributed by atoms with Crippen molar-refractivity contribution in [2.24, 2.45) is 0 Å². The number of ether oxygens (including phenoxy) is 1. The molecule has 1 heterocycles. The lowest BCUT2D eigenvalue weighted by Crippen LogP contribution is -2.35. The van der Waals surface area contributed by atoms with Crippen molar-refractivity contribution in [3.05, 3.63) is 29.8 Å². The molecule has 0 saturated carbocycles. The predicted molar refractivity (Wildman–Crippen MR) is 109 cm³/mol. The van der Waals surface area contributed by atoms with Crippen molar-refractivity contribution in [3.8, 4) is 0 Å². The van der Waals surface area contributed by atoms with Crippen LogP contribution in [0.4, 0.5) is 15.6 Å². The van der Waals surface area contributed by atoms with E-state index in [0.29, 0.717) is 15.2 Å². The first-order valence-corrected chi connectivity index (χ1v) is 10.2. The third-order valence-corrected chi connectivity index (χ3v) is 5.31. The number of rotatable bonds is 8. The van der Waals surface area contributed by atoms with E-state index in [0.717, 1.165) is 16.9 Å². The van der Waals surface area contributed by atoms with Gasteiger partial charge in [0.2, 0.25) is 16.9 Å². The SMILES string of the molecule is CCOC(=O)Nc1nnc(SCC(=O)N(C)CC(=O)Nc2ccc(C)cc2)s1. The molecule has 2 N–H and O–H groups in total. The topological polar surface area (TPSA) is 114 Å². The van der Waals surface area contributed by atoms with Gasteiger partial charge in [0, 0.05) is 12.7 Å². The molecular weight excluding hydrogens is 402 g/mol. The van der Waals surface area contributed by atoms with E-state index in [1.54, 1.807) is 14.0 Å². The fraction of sp³-hybridized carbons (Fsp3) is 0.353. The lowest BCUT2D eigenvalue weighted by atomic mass is 10.2. The van der Waals surface area contributed by atoms with Crippen LogP contribution in [0.5, 0.6) is 0 Å². The molecule has 1 aromatic heterocycles. The number of aryl methyl sites for hydroxylation is 1. The summed E-state index contributed by atoms with van der Waals surface area (Å²) in [6, 6.07) is 7.41. The molecule has 0 unspecified atom stereocenters. The van der Waals surface area contributed by atoms with Crippen LogP contribution in [0.3, 0.4) is 0 Å². The number of benzene rings is 1. The minimum Gasteiger partial charge on any atom is -0.450 e. The van der Waals surface area contributed by atoms with Crippen LogP contribution >= 0.6 is 23.1 Å². The van der Waals surface area contributed by atoms with E-state index >= 15 is 0 Å². The molecule has 0 aliphatic heterocycles. The van der Waals surface area contributed by atoms with Crippen LogP contribution < -0.4 is 10.6 Å². The second-order valence-corrected chi connectivity index (χ2v) is 7.87. The average molecular weight is 424 g/mol. The smallest absolute Gasteiger partial charge is 0.413 e. The summed E-state index contributed by atoms with van der Waals surface area (Å²) in [4.78, 5) is 36.9. The van der Waals surface area contributed by atoms with Gasteiger partial charge in [0.05, 0.1) is 18.9 Å². The molecule has 3 amide bonds. The highest BCUT2D eigenvalue weighted by Crippen LogP contribution is 2.25. The van der Waals surface area contributed by atoms with Crippen LogP contribution in [0.15, 0.2) is 28.6 Å². The number of aromatic nitrogens is 2. The summed E-state index contributed by atoms with van der Waals surface area (Å²) in [7, 11) is 1.56. The minimum atomic E-state index is -0.606. The van der Waals surface area contributed by atoms with Gasteiger partial charge in [0.1, 0.15) is 0 Å². The van der Waals surface area contributed by atoms with Crippen molar-refractivity contribution in [2.75, 3.05) is 36.6 Å². The number of likely N-dealkylation sites (N-methyl/N-ethyl adjacent to an activating group) is 1. The number of anilines is 2. The van der Waals surface area contributed by atoms with Crippen LogP contribution in [0, 0.1) is 6.92 Å². The monoisotopic (exact) mass is 423 g/mol. The Hall–Kier alpha value is -2.66. The van der Waals surface area contributed by atoms with E-state index in [2.05, 4.69) is 20.8 Å². The molecule has 2 rings (SSSR count). The maximum Gasteiger partial charge on any atom is 0.413 e. The second-order valence-electron chi connectivity index (χ2n) is 5.67. The van der Waals surface area contributed by atoms with Crippen molar-refractivity contribution < 1.29 is 19.1 Å². The van der Waals surface area contributed by atoms with E-state index in [4.69, 9.17) is 4.74 Å². The molecule has 0 aliphatic carbocycles. The number of hydrogen-bond acceptors (Lipinski definition) is 8. The Labute approximate surface area is 170 Å². The van der Waals surface area contributed by atoms with Crippen molar-refractivity contribution in [1.82, 2.24) is 15.1 Å². The van der Waals surface area contributed by atoms with Crippen LogP contribution in [-0.2, 0) is 14.3 Å². The molecule has 1 aromatic carbocycles. The van der Waals surface area contributed by atoms with Gasteiger partial charge in [0.15, 0.2) is 4.34 Å². The second kappa shape index (κ2) is 10.6. The highest BCUT2D eigenvalue weighted by atomic mass is 32.2. The van der Waals surface area contributed by atoms with Crippen LogP contribution in [0.25, 0.3) is 0 Å². The van der Waals surface area contributed by atoms with Gasteiger partial charge in [-0.05, 0) is 26.0 Å². The molecule has 0 radical (unpaired) electrons. The minimum absolute atomic E-state index is 0.0565. The first-order chi connectivity index (χ1) is 13.4. The highest BCUT2D eigenvalue weighted by Gasteiger charge is 2.15. The summed E-state index contributed by atoms with van der Waals surface area (Å²) >= 11 is 2.32. The van der Waals surface area contributed by atoms with Gasteiger partial charge < -0.3 is 15.0 Å². The molecular formula is C17H21N5O4S2. The Morgan fingerprint density at radius 2 is 1.89 bits per heavy atom. The number of nitrogens with zero attached hydrogens (tertiary/aromatic N) is 3. The summed E-state index contributed by atoms with van der Waals surface area (Å²) in [5.41, 5.74) is 1.78.